The second kappa shape index (κ2) is 3.62. The van der Waals surface area contributed by atoms with Crippen LogP contribution in [0, 0.1) is 19.3 Å². The molecule has 0 saturated heterocycles. The van der Waals surface area contributed by atoms with Gasteiger partial charge in [0.15, 0.2) is 0 Å². The average molecular weight is 218 g/mol. The molecule has 2 nitrogen and oxygen atoms in total. The van der Waals surface area contributed by atoms with Crippen molar-refractivity contribution >= 4 is 5.78 Å². The minimum atomic E-state index is -0.323. The number of ketones is 1. The summed E-state index contributed by atoms with van der Waals surface area (Å²) in [5.41, 5.74) is 2.06. The van der Waals surface area contributed by atoms with Crippen LogP contribution in [0.25, 0.3) is 0 Å². The third-order valence-electron chi connectivity index (χ3n) is 3.72. The maximum Gasteiger partial charge on any atom is 0.145 e. The van der Waals surface area contributed by atoms with Gasteiger partial charge in [0.2, 0.25) is 0 Å². The fourth-order valence-corrected chi connectivity index (χ4v) is 1.93. The Morgan fingerprint density at radius 2 is 2.00 bits per heavy atom. The number of benzene rings is 1. The molecule has 0 bridgehead atoms. The number of Topliss-reactive ketones (excluding diaryl/α,β-unsaturated/α-hetero) is 1. The SMILES string of the molecule is Cc1cccc(OC2CC(=O)C2(C)C)c1C. The maximum atomic E-state index is 11.4. The molecule has 0 amide bonds. The second-order valence-electron chi connectivity index (χ2n) is 5.15. The third kappa shape index (κ3) is 1.62. The van der Waals surface area contributed by atoms with Crippen molar-refractivity contribution in [3.8, 4) is 5.75 Å². The van der Waals surface area contributed by atoms with Crippen LogP contribution in [0.2, 0.25) is 0 Å². The fraction of sp³-hybridized carbons (Fsp3) is 0.500. The predicted octanol–water partition coefficient (Wildman–Crippen LogP) is 3.05. The van der Waals surface area contributed by atoms with E-state index < -0.39 is 0 Å². The van der Waals surface area contributed by atoms with Gasteiger partial charge in [-0.3, -0.25) is 4.79 Å². The first kappa shape index (κ1) is 11.2. The van der Waals surface area contributed by atoms with Crippen molar-refractivity contribution in [3.05, 3.63) is 29.3 Å². The van der Waals surface area contributed by atoms with Crippen LogP contribution >= 0.6 is 0 Å². The smallest absolute Gasteiger partial charge is 0.145 e. The molecule has 0 aliphatic heterocycles. The van der Waals surface area contributed by atoms with Crippen molar-refractivity contribution in [2.24, 2.45) is 5.41 Å². The van der Waals surface area contributed by atoms with Crippen molar-refractivity contribution in [2.75, 3.05) is 0 Å². The van der Waals surface area contributed by atoms with E-state index in [1.54, 1.807) is 0 Å². The molecule has 16 heavy (non-hydrogen) atoms. The molecule has 1 fully saturated rings. The van der Waals surface area contributed by atoms with Crippen LogP contribution in [-0.2, 0) is 4.79 Å². The number of hydrogen-bond acceptors (Lipinski definition) is 2. The van der Waals surface area contributed by atoms with Crippen molar-refractivity contribution in [3.63, 3.8) is 0 Å². The Morgan fingerprint density at radius 1 is 1.31 bits per heavy atom. The van der Waals surface area contributed by atoms with Gasteiger partial charge in [-0.15, -0.1) is 0 Å². The summed E-state index contributed by atoms with van der Waals surface area (Å²) < 4.78 is 5.93. The average Bonchev–Trinajstić information content (AvgIpc) is 2.24. The zero-order chi connectivity index (χ0) is 11.9. The van der Waals surface area contributed by atoms with Gasteiger partial charge in [0, 0.05) is 6.42 Å². The van der Waals surface area contributed by atoms with Crippen LogP contribution in [0.4, 0.5) is 0 Å². The molecule has 0 radical (unpaired) electrons. The lowest BCUT2D eigenvalue weighted by molar-refractivity contribution is -0.148. The Balaban J connectivity index is 2.17. The standard InChI is InChI=1S/C14H18O2/c1-9-6-5-7-11(10(9)2)16-13-8-12(15)14(13,3)4/h5-7,13H,8H2,1-4H3. The molecular weight excluding hydrogens is 200 g/mol. The molecule has 1 aliphatic rings. The number of carbonyl (C=O) groups is 1. The van der Waals surface area contributed by atoms with E-state index in [0.717, 1.165) is 11.3 Å². The molecule has 0 heterocycles. The van der Waals surface area contributed by atoms with Gasteiger partial charge in [0.25, 0.3) is 0 Å². The van der Waals surface area contributed by atoms with E-state index in [1.165, 1.54) is 5.56 Å². The Bertz CT molecular complexity index is 432. The highest BCUT2D eigenvalue weighted by atomic mass is 16.5. The molecule has 0 N–H and O–H groups in total. The molecule has 1 atom stereocenters. The Labute approximate surface area is 96.6 Å². The van der Waals surface area contributed by atoms with Crippen molar-refractivity contribution < 1.29 is 9.53 Å². The summed E-state index contributed by atoms with van der Waals surface area (Å²) in [6.07, 6.45) is 0.570. The van der Waals surface area contributed by atoms with E-state index >= 15 is 0 Å². The van der Waals surface area contributed by atoms with Crippen molar-refractivity contribution in [1.29, 1.82) is 0 Å². The van der Waals surface area contributed by atoms with Gasteiger partial charge in [-0.25, -0.2) is 0 Å². The first-order valence-corrected chi connectivity index (χ1v) is 5.69. The van der Waals surface area contributed by atoms with Gasteiger partial charge in [-0.05, 0) is 44.9 Å². The van der Waals surface area contributed by atoms with Crippen LogP contribution in [0.3, 0.4) is 0 Å². The Kier molecular flexibility index (Phi) is 2.53. The normalized spacial score (nSPS) is 22.8. The predicted molar refractivity (Wildman–Crippen MR) is 63.7 cm³/mol. The van der Waals surface area contributed by atoms with Crippen LogP contribution in [0.15, 0.2) is 18.2 Å². The van der Waals surface area contributed by atoms with Gasteiger partial charge in [-0.2, -0.15) is 0 Å². The number of ether oxygens (including phenoxy) is 1. The van der Waals surface area contributed by atoms with Crippen molar-refractivity contribution in [1.82, 2.24) is 0 Å². The molecule has 2 heteroatoms. The van der Waals surface area contributed by atoms with E-state index in [0.29, 0.717) is 12.2 Å². The number of aryl methyl sites for hydroxylation is 1. The molecule has 0 spiro atoms. The molecule has 86 valence electrons. The van der Waals surface area contributed by atoms with Gasteiger partial charge in [0.05, 0.1) is 5.41 Å². The minimum absolute atomic E-state index is 0.0282. The summed E-state index contributed by atoms with van der Waals surface area (Å²) in [7, 11) is 0. The largest absolute Gasteiger partial charge is 0.489 e. The summed E-state index contributed by atoms with van der Waals surface area (Å²) >= 11 is 0. The lowest BCUT2D eigenvalue weighted by atomic mass is 9.68. The first-order valence-electron chi connectivity index (χ1n) is 5.69. The zero-order valence-corrected chi connectivity index (χ0v) is 10.3. The third-order valence-corrected chi connectivity index (χ3v) is 3.72. The molecule has 2 rings (SSSR count). The van der Waals surface area contributed by atoms with Gasteiger partial charge in [0.1, 0.15) is 17.6 Å². The van der Waals surface area contributed by atoms with E-state index in [1.807, 2.05) is 26.0 Å². The van der Waals surface area contributed by atoms with E-state index in [2.05, 4.69) is 19.9 Å². The Morgan fingerprint density at radius 3 is 2.56 bits per heavy atom. The summed E-state index contributed by atoms with van der Waals surface area (Å²) in [6.45, 7) is 8.03. The second-order valence-corrected chi connectivity index (χ2v) is 5.15. The maximum absolute atomic E-state index is 11.4. The van der Waals surface area contributed by atoms with Crippen LogP contribution in [-0.4, -0.2) is 11.9 Å². The summed E-state index contributed by atoms with van der Waals surface area (Å²) in [5, 5.41) is 0. The molecular formula is C14H18O2. The quantitative estimate of drug-likeness (QED) is 0.762. The van der Waals surface area contributed by atoms with Gasteiger partial charge >= 0.3 is 0 Å². The molecule has 1 aromatic carbocycles. The number of hydrogen-bond donors (Lipinski definition) is 0. The topological polar surface area (TPSA) is 26.3 Å². The van der Waals surface area contributed by atoms with Gasteiger partial charge in [-0.1, -0.05) is 12.1 Å². The Hall–Kier alpha value is -1.31. The molecule has 1 saturated carbocycles. The summed E-state index contributed by atoms with van der Waals surface area (Å²) in [5.74, 6) is 1.20. The molecule has 1 unspecified atom stereocenters. The lowest BCUT2D eigenvalue weighted by Crippen LogP contribution is -2.53. The van der Waals surface area contributed by atoms with Crippen LogP contribution in [0.5, 0.6) is 5.75 Å². The first-order chi connectivity index (χ1) is 7.43. The highest BCUT2D eigenvalue weighted by Gasteiger charge is 2.49. The number of rotatable bonds is 2. The highest BCUT2D eigenvalue weighted by Crippen LogP contribution is 2.40. The van der Waals surface area contributed by atoms with E-state index in [-0.39, 0.29) is 11.5 Å². The minimum Gasteiger partial charge on any atom is -0.489 e. The summed E-state index contributed by atoms with van der Waals surface area (Å²) in [4.78, 5) is 11.4. The van der Waals surface area contributed by atoms with E-state index in [9.17, 15) is 4.79 Å². The monoisotopic (exact) mass is 218 g/mol. The van der Waals surface area contributed by atoms with Crippen LogP contribution in [0.1, 0.15) is 31.4 Å². The zero-order valence-electron chi connectivity index (χ0n) is 10.3. The van der Waals surface area contributed by atoms with E-state index in [4.69, 9.17) is 4.74 Å². The molecule has 0 aromatic heterocycles. The molecule has 1 aliphatic carbocycles. The van der Waals surface area contributed by atoms with Gasteiger partial charge < -0.3 is 4.74 Å². The molecule has 1 aromatic rings. The highest BCUT2D eigenvalue weighted by molar-refractivity contribution is 5.91. The van der Waals surface area contributed by atoms with Crippen LogP contribution < -0.4 is 4.74 Å². The number of carbonyl (C=O) groups excluding carboxylic acids is 1. The fourth-order valence-electron chi connectivity index (χ4n) is 1.93. The lowest BCUT2D eigenvalue weighted by Gasteiger charge is -2.42. The summed E-state index contributed by atoms with van der Waals surface area (Å²) in [6, 6.07) is 6.03. The van der Waals surface area contributed by atoms with Crippen molar-refractivity contribution in [2.45, 2.75) is 40.2 Å².